The summed E-state index contributed by atoms with van der Waals surface area (Å²) in [6.45, 7) is 2.18. The van der Waals surface area contributed by atoms with E-state index in [0.717, 1.165) is 46.2 Å². The summed E-state index contributed by atoms with van der Waals surface area (Å²) in [4.78, 5) is 11.5. The highest BCUT2D eigenvalue weighted by Gasteiger charge is 2.25. The number of carboxylic acid groups (broad SMARTS) is 1. The van der Waals surface area contributed by atoms with E-state index in [1.165, 1.54) is 0 Å². The van der Waals surface area contributed by atoms with Crippen LogP contribution in [-0.2, 0) is 6.42 Å². The Labute approximate surface area is 174 Å². The lowest BCUT2D eigenvalue weighted by Crippen LogP contribution is -2.02. The normalized spacial score (nSPS) is 16.3. The van der Waals surface area contributed by atoms with Crippen molar-refractivity contribution in [2.24, 2.45) is 5.92 Å². The molecule has 29 heavy (non-hydrogen) atoms. The summed E-state index contributed by atoms with van der Waals surface area (Å²) in [5.41, 5.74) is 6.40. The molecule has 0 amide bonds. The number of hydrogen-bond donors (Lipinski definition) is 2. The van der Waals surface area contributed by atoms with Crippen LogP contribution < -0.4 is 0 Å². The summed E-state index contributed by atoms with van der Waals surface area (Å²) in [5, 5.41) is 20.2. The Hall–Kier alpha value is -3.04. The zero-order chi connectivity index (χ0) is 20.5. The molecule has 0 fully saturated rings. The Kier molecular flexibility index (Phi) is 5.16. The lowest BCUT2D eigenvalue weighted by atomic mass is 9.84. The molecule has 1 aliphatic carbocycles. The van der Waals surface area contributed by atoms with Gasteiger partial charge < -0.3 is 10.2 Å². The molecule has 1 atom stereocenters. The number of aryl methyl sites for hydroxylation is 1. The fourth-order valence-electron chi connectivity index (χ4n) is 4.14. The summed E-state index contributed by atoms with van der Waals surface area (Å²) in [5.74, 6) is -0.504. The Balaban J connectivity index is 2.06. The molecule has 4 rings (SSSR count). The maximum Gasteiger partial charge on any atom is 0.335 e. The van der Waals surface area contributed by atoms with Crippen LogP contribution in [0, 0.1) is 5.92 Å². The van der Waals surface area contributed by atoms with E-state index < -0.39 is 5.97 Å². The average Bonchev–Trinajstić information content (AvgIpc) is 2.84. The van der Waals surface area contributed by atoms with Gasteiger partial charge in [-0.05, 0) is 88.6 Å². The molecule has 1 aliphatic rings. The molecular weight excluding hydrogens is 384 g/mol. The maximum absolute atomic E-state index is 11.5. The second-order valence-electron chi connectivity index (χ2n) is 7.47. The number of halogens is 1. The first-order chi connectivity index (χ1) is 13.9. The third-order valence-corrected chi connectivity index (χ3v) is 5.74. The second-order valence-corrected chi connectivity index (χ2v) is 7.90. The van der Waals surface area contributed by atoms with Crippen molar-refractivity contribution >= 4 is 28.7 Å². The molecule has 1 unspecified atom stereocenters. The Morgan fingerprint density at radius 1 is 1.00 bits per heavy atom. The fraction of sp³-hybridized carbons (Fsp3) is 0.160. The van der Waals surface area contributed by atoms with Crippen LogP contribution in [0.5, 0.6) is 5.75 Å². The van der Waals surface area contributed by atoms with Crippen molar-refractivity contribution in [1.82, 2.24) is 0 Å². The quantitative estimate of drug-likeness (QED) is 0.539. The lowest BCUT2D eigenvalue weighted by molar-refractivity contribution is 0.0696. The molecule has 0 bridgehead atoms. The van der Waals surface area contributed by atoms with Crippen LogP contribution in [0.2, 0.25) is 5.02 Å². The Morgan fingerprint density at radius 2 is 1.76 bits per heavy atom. The molecule has 0 aliphatic heterocycles. The van der Waals surface area contributed by atoms with Crippen molar-refractivity contribution in [2.75, 3.05) is 0 Å². The molecule has 4 heteroatoms. The molecule has 0 aromatic heterocycles. The number of hydrogen-bond acceptors (Lipinski definition) is 2. The fourth-order valence-corrected chi connectivity index (χ4v) is 4.33. The molecule has 3 nitrogen and oxygen atoms in total. The first kappa shape index (κ1) is 19.3. The van der Waals surface area contributed by atoms with Gasteiger partial charge in [0.15, 0.2) is 0 Å². The zero-order valence-electron chi connectivity index (χ0n) is 16.0. The van der Waals surface area contributed by atoms with Crippen LogP contribution in [0.25, 0.3) is 11.1 Å². The van der Waals surface area contributed by atoms with E-state index >= 15 is 0 Å². The second kappa shape index (κ2) is 7.76. The summed E-state index contributed by atoms with van der Waals surface area (Å²) in [7, 11) is 0. The smallest absolute Gasteiger partial charge is 0.335 e. The van der Waals surface area contributed by atoms with Crippen molar-refractivity contribution < 1.29 is 15.0 Å². The predicted molar refractivity (Wildman–Crippen MR) is 116 cm³/mol. The van der Waals surface area contributed by atoms with Crippen molar-refractivity contribution in [3.8, 4) is 5.75 Å². The van der Waals surface area contributed by atoms with Crippen molar-refractivity contribution in [3.05, 3.63) is 99.6 Å². The van der Waals surface area contributed by atoms with E-state index in [1.54, 1.807) is 24.3 Å². The molecule has 0 saturated carbocycles. The van der Waals surface area contributed by atoms with Gasteiger partial charge in [-0.3, -0.25) is 0 Å². The molecule has 0 heterocycles. The summed E-state index contributed by atoms with van der Waals surface area (Å²) < 4.78 is 0. The van der Waals surface area contributed by atoms with Crippen LogP contribution in [0.3, 0.4) is 0 Å². The molecule has 0 radical (unpaired) electrons. The van der Waals surface area contributed by atoms with E-state index in [2.05, 4.69) is 13.0 Å². The van der Waals surface area contributed by atoms with E-state index in [-0.39, 0.29) is 17.2 Å². The Bertz CT molecular complexity index is 1130. The van der Waals surface area contributed by atoms with Gasteiger partial charge in [0.1, 0.15) is 5.75 Å². The number of phenolic OH excluding ortho intramolecular Hbond substituents is 1. The number of benzene rings is 3. The van der Waals surface area contributed by atoms with E-state index in [4.69, 9.17) is 11.6 Å². The van der Waals surface area contributed by atoms with Crippen LogP contribution in [0.1, 0.15) is 46.0 Å². The SMILES string of the molecule is CC1CCc2cc(C(=O)O)ccc2C(c2cccc(O)c2)=C1c1cccc(Cl)c1. The number of phenols is 1. The van der Waals surface area contributed by atoms with Gasteiger partial charge in [0.05, 0.1) is 5.56 Å². The maximum atomic E-state index is 11.5. The monoisotopic (exact) mass is 404 g/mol. The minimum absolute atomic E-state index is 0.195. The number of carbonyl (C=O) groups is 1. The first-order valence-corrected chi connectivity index (χ1v) is 9.98. The largest absolute Gasteiger partial charge is 0.508 e. The van der Waals surface area contributed by atoms with Crippen LogP contribution in [0.15, 0.2) is 66.7 Å². The van der Waals surface area contributed by atoms with Gasteiger partial charge in [0, 0.05) is 5.02 Å². The summed E-state index contributed by atoms with van der Waals surface area (Å²) in [6.07, 6.45) is 1.67. The van der Waals surface area contributed by atoms with Gasteiger partial charge in [-0.2, -0.15) is 0 Å². The van der Waals surface area contributed by atoms with Gasteiger partial charge >= 0.3 is 5.97 Å². The van der Waals surface area contributed by atoms with Gasteiger partial charge in [0.25, 0.3) is 0 Å². The number of rotatable bonds is 3. The molecule has 3 aromatic rings. The third-order valence-electron chi connectivity index (χ3n) is 5.50. The number of carboxylic acids is 1. The average molecular weight is 405 g/mol. The highest BCUT2D eigenvalue weighted by molar-refractivity contribution is 6.30. The molecule has 3 aromatic carbocycles. The molecule has 146 valence electrons. The van der Waals surface area contributed by atoms with Crippen molar-refractivity contribution in [2.45, 2.75) is 19.8 Å². The minimum atomic E-state index is -0.928. The number of fused-ring (bicyclic) bond motifs is 1. The third kappa shape index (κ3) is 3.79. The predicted octanol–water partition coefficient (Wildman–Crippen LogP) is 6.29. The number of aromatic carboxylic acids is 1. The molecule has 2 N–H and O–H groups in total. The standard InChI is InChI=1S/C25H21ClO3/c1-15-8-9-16-12-19(25(28)29)10-11-22(16)24(18-5-3-7-21(27)14-18)23(15)17-4-2-6-20(26)13-17/h2-7,10-15,27H,8-9H2,1H3,(H,28,29). The number of aromatic hydroxyl groups is 1. The molecule has 0 saturated heterocycles. The Morgan fingerprint density at radius 3 is 2.48 bits per heavy atom. The number of allylic oxidation sites excluding steroid dienone is 1. The van der Waals surface area contributed by atoms with Crippen LogP contribution in [0.4, 0.5) is 0 Å². The van der Waals surface area contributed by atoms with E-state index in [9.17, 15) is 15.0 Å². The van der Waals surface area contributed by atoms with Crippen LogP contribution in [-0.4, -0.2) is 16.2 Å². The van der Waals surface area contributed by atoms with Gasteiger partial charge in [-0.1, -0.05) is 48.9 Å². The van der Waals surface area contributed by atoms with Crippen molar-refractivity contribution in [3.63, 3.8) is 0 Å². The molecular formula is C25H21ClO3. The van der Waals surface area contributed by atoms with Gasteiger partial charge in [-0.25, -0.2) is 4.79 Å². The van der Waals surface area contributed by atoms with E-state index in [0.29, 0.717) is 5.02 Å². The topological polar surface area (TPSA) is 57.5 Å². The van der Waals surface area contributed by atoms with Crippen LogP contribution >= 0.6 is 11.6 Å². The lowest BCUT2D eigenvalue weighted by Gasteiger charge is -2.20. The van der Waals surface area contributed by atoms with E-state index in [1.807, 2.05) is 36.4 Å². The zero-order valence-corrected chi connectivity index (χ0v) is 16.8. The first-order valence-electron chi connectivity index (χ1n) is 9.60. The highest BCUT2D eigenvalue weighted by Crippen LogP contribution is 2.43. The summed E-state index contributed by atoms with van der Waals surface area (Å²) in [6, 6.07) is 20.3. The molecule has 0 spiro atoms. The summed E-state index contributed by atoms with van der Waals surface area (Å²) >= 11 is 6.30. The highest BCUT2D eigenvalue weighted by atomic mass is 35.5. The van der Waals surface area contributed by atoms with Gasteiger partial charge in [0.2, 0.25) is 0 Å². The minimum Gasteiger partial charge on any atom is -0.508 e. The van der Waals surface area contributed by atoms with Crippen molar-refractivity contribution in [1.29, 1.82) is 0 Å². The van der Waals surface area contributed by atoms with Gasteiger partial charge in [-0.15, -0.1) is 0 Å².